The maximum absolute atomic E-state index is 13.8. The smallest absolute Gasteiger partial charge is 0.335 e. The van der Waals surface area contributed by atoms with Crippen molar-refractivity contribution in [1.29, 1.82) is 0 Å². The van der Waals surface area contributed by atoms with Gasteiger partial charge in [-0.3, -0.25) is 19.2 Å². The number of anilines is 2. The third-order valence-corrected chi connectivity index (χ3v) is 11.5. The lowest BCUT2D eigenvalue weighted by atomic mass is 9.87. The fourth-order valence-electron chi connectivity index (χ4n) is 6.79. The van der Waals surface area contributed by atoms with E-state index in [2.05, 4.69) is 10.6 Å². The number of fused-ring (bicyclic) bond motifs is 1. The number of carboxylic acids is 2. The highest BCUT2D eigenvalue weighted by atomic mass is 32.1. The molecule has 0 unspecified atom stereocenters. The minimum Gasteiger partial charge on any atom is -0.481 e. The summed E-state index contributed by atoms with van der Waals surface area (Å²) in [6, 6.07) is 21.6. The number of carbonyl (C=O) groups excluding carboxylic acids is 3. The first-order valence-electron chi connectivity index (χ1n) is 18.6. The molecule has 3 amide bonds. The van der Waals surface area contributed by atoms with E-state index < -0.39 is 17.4 Å². The highest BCUT2D eigenvalue weighted by molar-refractivity contribution is 7.17. The zero-order valence-electron chi connectivity index (χ0n) is 31.4. The number of hydrogen-bond acceptors (Lipinski definition) is 6. The number of aromatic carboxylic acids is 1. The number of aliphatic carboxylic acids is 1. The number of rotatable bonds is 17. The Balaban J connectivity index is 1.26. The molecule has 0 aliphatic heterocycles. The molecule has 0 fully saturated rings. The summed E-state index contributed by atoms with van der Waals surface area (Å²) in [6.07, 6.45) is 5.89. The number of carboxylic acid groups (broad SMARTS) is 2. The molecule has 0 radical (unpaired) electrons. The zero-order chi connectivity index (χ0) is 39.0. The van der Waals surface area contributed by atoms with Gasteiger partial charge in [0, 0.05) is 35.1 Å². The van der Waals surface area contributed by atoms with E-state index in [-0.39, 0.29) is 42.2 Å². The Morgan fingerprint density at radius 1 is 0.796 bits per heavy atom. The predicted octanol–water partition coefficient (Wildman–Crippen LogP) is 8.63. The van der Waals surface area contributed by atoms with E-state index in [1.807, 2.05) is 56.3 Å². The summed E-state index contributed by atoms with van der Waals surface area (Å²) in [7, 11) is 0. The van der Waals surface area contributed by atoms with Gasteiger partial charge >= 0.3 is 11.9 Å². The average Bonchev–Trinajstić information content (AvgIpc) is 3.75. The molecular formula is C43H49N3O7S. The summed E-state index contributed by atoms with van der Waals surface area (Å²) in [6.45, 7) is 7.58. The molecule has 1 heterocycles. The number of aryl methyl sites for hydroxylation is 3. The van der Waals surface area contributed by atoms with E-state index in [0.29, 0.717) is 28.4 Å². The Labute approximate surface area is 320 Å². The molecule has 54 heavy (non-hydrogen) atoms. The highest BCUT2D eigenvalue weighted by Crippen LogP contribution is 2.40. The molecule has 1 aromatic heterocycles. The summed E-state index contributed by atoms with van der Waals surface area (Å²) in [5, 5.41) is 25.2. The number of benzene rings is 3. The van der Waals surface area contributed by atoms with Crippen molar-refractivity contribution >= 4 is 51.7 Å². The van der Waals surface area contributed by atoms with Gasteiger partial charge < -0.3 is 25.7 Å². The lowest BCUT2D eigenvalue weighted by Gasteiger charge is -2.32. The first-order valence-corrected chi connectivity index (χ1v) is 19.4. The van der Waals surface area contributed by atoms with Gasteiger partial charge in [0.1, 0.15) is 5.00 Å². The van der Waals surface area contributed by atoms with Gasteiger partial charge in [0.15, 0.2) is 0 Å². The Bertz CT molecular complexity index is 2000. The molecule has 4 N–H and O–H groups in total. The Morgan fingerprint density at radius 2 is 1.44 bits per heavy atom. The topological polar surface area (TPSA) is 153 Å². The van der Waals surface area contributed by atoms with Crippen molar-refractivity contribution in [2.45, 2.75) is 98.1 Å². The van der Waals surface area contributed by atoms with Crippen LogP contribution in [0.3, 0.4) is 0 Å². The Kier molecular flexibility index (Phi) is 13.1. The lowest BCUT2D eigenvalue weighted by molar-refractivity contribution is -0.148. The molecule has 1 aliphatic rings. The van der Waals surface area contributed by atoms with Crippen LogP contribution in [-0.2, 0) is 41.8 Å². The van der Waals surface area contributed by atoms with E-state index in [9.17, 15) is 29.1 Å². The lowest BCUT2D eigenvalue weighted by Crippen LogP contribution is -2.40. The molecule has 3 aromatic carbocycles. The van der Waals surface area contributed by atoms with Gasteiger partial charge in [0.05, 0.1) is 16.5 Å². The second kappa shape index (κ2) is 17.7. The second-order valence-corrected chi connectivity index (χ2v) is 15.7. The van der Waals surface area contributed by atoms with E-state index in [0.717, 1.165) is 72.1 Å². The number of amides is 3. The van der Waals surface area contributed by atoms with Crippen LogP contribution in [0.2, 0.25) is 0 Å². The molecule has 0 bridgehead atoms. The standard InChI is InChI=1S/C43H49N3O7S/c1-5-33(6-2)46(36(47)23-24-43(3,4)42(52)53)26-29-9-7-10-31(25-29)38(48)45-40-37(34-11-8-12-35(34)54-40)39(49)44-32-21-17-28(18-22-32)14-13-27-15-19-30(20-16-27)41(50)51/h7,9-10,15-22,25,33H,5-6,8,11-14,23-24,26H2,1-4H3,(H,44,49)(H,45,48)(H,50,51)(H,52,53). The monoisotopic (exact) mass is 751 g/mol. The zero-order valence-corrected chi connectivity index (χ0v) is 32.2. The maximum Gasteiger partial charge on any atom is 0.335 e. The van der Waals surface area contributed by atoms with Crippen molar-refractivity contribution in [2.75, 3.05) is 10.6 Å². The molecule has 0 spiro atoms. The van der Waals surface area contributed by atoms with Crippen LogP contribution in [0.15, 0.2) is 72.8 Å². The number of thiophene rings is 1. The normalized spacial score (nSPS) is 12.3. The SMILES string of the molecule is CCC(CC)N(Cc1cccc(C(=O)Nc2sc3c(c2C(=O)Nc2ccc(CCc4ccc(C(=O)O)cc4)cc2)CCC3)c1)C(=O)CCC(C)(C)C(=O)O. The number of nitrogens with zero attached hydrogens (tertiary/aromatic N) is 1. The van der Waals surface area contributed by atoms with Crippen molar-refractivity contribution in [3.05, 3.63) is 117 Å². The van der Waals surface area contributed by atoms with Gasteiger partial charge in [-0.2, -0.15) is 0 Å². The van der Waals surface area contributed by atoms with Crippen LogP contribution >= 0.6 is 11.3 Å². The molecule has 284 valence electrons. The second-order valence-electron chi connectivity index (χ2n) is 14.6. The average molecular weight is 752 g/mol. The molecule has 11 heteroatoms. The third kappa shape index (κ3) is 9.82. The molecule has 5 rings (SSSR count). The summed E-state index contributed by atoms with van der Waals surface area (Å²) in [4.78, 5) is 66.6. The first-order chi connectivity index (χ1) is 25.8. The number of nitrogens with one attached hydrogen (secondary N) is 2. The van der Waals surface area contributed by atoms with Gasteiger partial charge in [-0.05, 0) is 124 Å². The van der Waals surface area contributed by atoms with Crippen molar-refractivity contribution < 1.29 is 34.2 Å². The van der Waals surface area contributed by atoms with Crippen LogP contribution in [-0.4, -0.2) is 50.8 Å². The predicted molar refractivity (Wildman–Crippen MR) is 212 cm³/mol. The Morgan fingerprint density at radius 3 is 2.06 bits per heavy atom. The van der Waals surface area contributed by atoms with Gasteiger partial charge in [-0.25, -0.2) is 4.79 Å². The minimum absolute atomic E-state index is 0.0290. The molecule has 10 nitrogen and oxygen atoms in total. The number of hydrogen-bond donors (Lipinski definition) is 4. The van der Waals surface area contributed by atoms with Crippen LogP contribution in [0.4, 0.5) is 10.7 Å². The van der Waals surface area contributed by atoms with Crippen molar-refractivity contribution in [2.24, 2.45) is 5.41 Å². The third-order valence-electron chi connectivity index (χ3n) is 10.3. The summed E-state index contributed by atoms with van der Waals surface area (Å²) >= 11 is 1.44. The van der Waals surface area contributed by atoms with Crippen LogP contribution in [0.25, 0.3) is 0 Å². The molecular weight excluding hydrogens is 703 g/mol. The van der Waals surface area contributed by atoms with Crippen LogP contribution in [0.1, 0.15) is 118 Å². The van der Waals surface area contributed by atoms with Gasteiger partial charge in [-0.1, -0.05) is 50.2 Å². The van der Waals surface area contributed by atoms with Crippen LogP contribution in [0.5, 0.6) is 0 Å². The van der Waals surface area contributed by atoms with Crippen LogP contribution in [0, 0.1) is 5.41 Å². The van der Waals surface area contributed by atoms with Gasteiger partial charge in [-0.15, -0.1) is 11.3 Å². The molecule has 0 saturated carbocycles. The van der Waals surface area contributed by atoms with Crippen LogP contribution < -0.4 is 10.6 Å². The van der Waals surface area contributed by atoms with Crippen molar-refractivity contribution in [3.8, 4) is 0 Å². The minimum atomic E-state index is -1.02. The van der Waals surface area contributed by atoms with E-state index in [1.54, 1.807) is 49.1 Å². The van der Waals surface area contributed by atoms with Crippen molar-refractivity contribution in [1.82, 2.24) is 4.90 Å². The van der Waals surface area contributed by atoms with E-state index in [1.165, 1.54) is 11.3 Å². The maximum atomic E-state index is 13.8. The first kappa shape index (κ1) is 39.9. The van der Waals surface area contributed by atoms with Gasteiger partial charge in [0.25, 0.3) is 11.8 Å². The van der Waals surface area contributed by atoms with Crippen molar-refractivity contribution in [3.63, 3.8) is 0 Å². The fourth-order valence-corrected chi connectivity index (χ4v) is 8.07. The summed E-state index contributed by atoms with van der Waals surface area (Å²) in [5.41, 5.74) is 4.65. The fraction of sp³-hybridized carbons (Fsp3) is 0.372. The quantitative estimate of drug-likeness (QED) is 0.0843. The van der Waals surface area contributed by atoms with E-state index in [4.69, 9.17) is 5.11 Å². The molecule has 0 atom stereocenters. The Hall–Kier alpha value is -5.29. The largest absolute Gasteiger partial charge is 0.481 e. The van der Waals surface area contributed by atoms with Gasteiger partial charge in [0.2, 0.25) is 5.91 Å². The van der Waals surface area contributed by atoms with E-state index >= 15 is 0 Å². The number of carbonyl (C=O) groups is 5. The molecule has 0 saturated heterocycles. The molecule has 1 aliphatic carbocycles. The summed E-state index contributed by atoms with van der Waals surface area (Å²) in [5.74, 6) is -2.64. The highest BCUT2D eigenvalue weighted by Gasteiger charge is 2.31. The molecule has 4 aromatic rings. The summed E-state index contributed by atoms with van der Waals surface area (Å²) < 4.78 is 0.